The number of rotatable bonds is 7. The van der Waals surface area contributed by atoms with E-state index in [1.807, 2.05) is 44.3 Å². The number of aliphatic hydroxyl groups is 1. The second-order valence-electron chi connectivity index (χ2n) is 6.98. The van der Waals surface area contributed by atoms with Gasteiger partial charge in [0.15, 0.2) is 0 Å². The minimum absolute atomic E-state index is 0.146. The molecular formula is C20H29N3O3. The average molecular weight is 359 g/mol. The van der Waals surface area contributed by atoms with Crippen LogP contribution in [0.25, 0.3) is 0 Å². The number of para-hydroxylation sites is 1. The Morgan fingerprint density at radius 2 is 2.04 bits per heavy atom. The SMILES string of the molecule is COc1c(CNC[C@H]2CCC[C@@H](Oc3ccccc3)[C@@H]2O)c(C)nn1C. The molecule has 1 fully saturated rings. The van der Waals surface area contributed by atoms with Crippen molar-refractivity contribution in [1.82, 2.24) is 15.1 Å². The van der Waals surface area contributed by atoms with Crippen molar-refractivity contribution in [2.24, 2.45) is 13.0 Å². The third-order valence-electron chi connectivity index (χ3n) is 5.15. The fourth-order valence-electron chi connectivity index (χ4n) is 3.77. The highest BCUT2D eigenvalue weighted by Gasteiger charge is 2.33. The molecule has 3 rings (SSSR count). The summed E-state index contributed by atoms with van der Waals surface area (Å²) in [6, 6.07) is 9.74. The second-order valence-corrected chi connectivity index (χ2v) is 6.98. The van der Waals surface area contributed by atoms with E-state index in [0.29, 0.717) is 6.54 Å². The van der Waals surface area contributed by atoms with Crippen LogP contribution in [0.15, 0.2) is 30.3 Å². The van der Waals surface area contributed by atoms with Gasteiger partial charge in [-0.3, -0.25) is 0 Å². The van der Waals surface area contributed by atoms with E-state index in [2.05, 4.69) is 10.4 Å². The first-order chi connectivity index (χ1) is 12.6. The highest BCUT2D eigenvalue weighted by molar-refractivity contribution is 5.30. The Morgan fingerprint density at radius 3 is 2.77 bits per heavy atom. The number of aryl methyl sites for hydroxylation is 2. The summed E-state index contributed by atoms with van der Waals surface area (Å²) in [5.74, 6) is 1.78. The minimum atomic E-state index is -0.464. The third kappa shape index (κ3) is 4.19. The Hall–Kier alpha value is -2.05. The van der Waals surface area contributed by atoms with Gasteiger partial charge in [-0.15, -0.1) is 0 Å². The van der Waals surface area contributed by atoms with Crippen LogP contribution < -0.4 is 14.8 Å². The molecule has 0 saturated heterocycles. The molecule has 6 nitrogen and oxygen atoms in total. The monoisotopic (exact) mass is 359 g/mol. The van der Waals surface area contributed by atoms with Crippen LogP contribution in [0.1, 0.15) is 30.5 Å². The van der Waals surface area contributed by atoms with E-state index in [9.17, 15) is 5.11 Å². The van der Waals surface area contributed by atoms with E-state index in [-0.39, 0.29) is 12.0 Å². The Bertz CT molecular complexity index is 702. The second kappa shape index (κ2) is 8.56. The predicted molar refractivity (Wildman–Crippen MR) is 100 cm³/mol. The van der Waals surface area contributed by atoms with Crippen LogP contribution in [-0.4, -0.2) is 40.7 Å². The molecule has 0 aliphatic heterocycles. The summed E-state index contributed by atoms with van der Waals surface area (Å²) in [4.78, 5) is 0. The van der Waals surface area contributed by atoms with E-state index in [0.717, 1.165) is 48.7 Å². The van der Waals surface area contributed by atoms with Gasteiger partial charge >= 0.3 is 0 Å². The van der Waals surface area contributed by atoms with Crippen LogP contribution >= 0.6 is 0 Å². The van der Waals surface area contributed by atoms with Gasteiger partial charge in [0.25, 0.3) is 0 Å². The molecule has 0 spiro atoms. The summed E-state index contributed by atoms with van der Waals surface area (Å²) in [5, 5.41) is 18.6. The molecule has 2 N–H and O–H groups in total. The molecule has 1 aliphatic carbocycles. The van der Waals surface area contributed by atoms with Crippen molar-refractivity contribution in [3.8, 4) is 11.6 Å². The first-order valence-corrected chi connectivity index (χ1v) is 9.27. The Labute approximate surface area is 155 Å². The van der Waals surface area contributed by atoms with E-state index in [4.69, 9.17) is 9.47 Å². The fourth-order valence-corrected chi connectivity index (χ4v) is 3.77. The Morgan fingerprint density at radius 1 is 1.27 bits per heavy atom. The van der Waals surface area contributed by atoms with Gasteiger partial charge in [-0.05, 0) is 38.3 Å². The Balaban J connectivity index is 1.55. The number of aromatic nitrogens is 2. The van der Waals surface area contributed by atoms with E-state index in [1.54, 1.807) is 11.8 Å². The number of aliphatic hydroxyl groups excluding tert-OH is 1. The fraction of sp³-hybridized carbons (Fsp3) is 0.550. The smallest absolute Gasteiger partial charge is 0.216 e. The van der Waals surface area contributed by atoms with Crippen LogP contribution in [0.4, 0.5) is 0 Å². The number of nitrogens with one attached hydrogen (secondary N) is 1. The predicted octanol–water partition coefficient (Wildman–Crippen LogP) is 2.44. The van der Waals surface area contributed by atoms with Crippen LogP contribution in [0.3, 0.4) is 0 Å². The van der Waals surface area contributed by atoms with Crippen LogP contribution in [0.2, 0.25) is 0 Å². The van der Waals surface area contributed by atoms with Crippen molar-refractivity contribution in [2.75, 3.05) is 13.7 Å². The van der Waals surface area contributed by atoms with Gasteiger partial charge in [0.05, 0.1) is 24.5 Å². The van der Waals surface area contributed by atoms with Crippen molar-refractivity contribution >= 4 is 0 Å². The van der Waals surface area contributed by atoms with Crippen LogP contribution in [-0.2, 0) is 13.6 Å². The molecule has 2 aromatic rings. The third-order valence-corrected chi connectivity index (χ3v) is 5.15. The molecule has 1 aromatic heterocycles. The summed E-state index contributed by atoms with van der Waals surface area (Å²) >= 11 is 0. The molecule has 0 unspecified atom stereocenters. The summed E-state index contributed by atoms with van der Waals surface area (Å²) < 4.78 is 13.2. The normalized spacial score (nSPS) is 23.0. The molecule has 1 heterocycles. The number of ether oxygens (including phenoxy) is 2. The molecular weight excluding hydrogens is 330 g/mol. The lowest BCUT2D eigenvalue weighted by Crippen LogP contribution is -2.44. The number of nitrogens with zero attached hydrogens (tertiary/aromatic N) is 2. The zero-order valence-electron chi connectivity index (χ0n) is 15.8. The summed E-state index contributed by atoms with van der Waals surface area (Å²) in [5.41, 5.74) is 2.03. The Kier molecular flexibility index (Phi) is 6.16. The van der Waals surface area contributed by atoms with Gasteiger partial charge in [-0.25, -0.2) is 4.68 Å². The minimum Gasteiger partial charge on any atom is -0.488 e. The molecule has 142 valence electrons. The van der Waals surface area contributed by atoms with Crippen molar-refractivity contribution in [2.45, 2.75) is 44.9 Å². The van der Waals surface area contributed by atoms with E-state index in [1.165, 1.54) is 0 Å². The molecule has 1 aliphatic rings. The van der Waals surface area contributed by atoms with Gasteiger partial charge < -0.3 is 19.9 Å². The topological polar surface area (TPSA) is 68.5 Å². The number of hydrogen-bond acceptors (Lipinski definition) is 5. The number of benzene rings is 1. The summed E-state index contributed by atoms with van der Waals surface area (Å²) in [6.07, 6.45) is 2.35. The maximum absolute atomic E-state index is 10.7. The zero-order chi connectivity index (χ0) is 18.5. The molecule has 1 saturated carbocycles. The van der Waals surface area contributed by atoms with Crippen LogP contribution in [0, 0.1) is 12.8 Å². The highest BCUT2D eigenvalue weighted by Crippen LogP contribution is 2.28. The average Bonchev–Trinajstić information content (AvgIpc) is 2.91. The lowest BCUT2D eigenvalue weighted by atomic mass is 9.84. The van der Waals surface area contributed by atoms with Gasteiger partial charge in [0, 0.05) is 26.1 Å². The quantitative estimate of drug-likeness (QED) is 0.795. The van der Waals surface area contributed by atoms with Crippen molar-refractivity contribution in [3.63, 3.8) is 0 Å². The number of hydrogen-bond donors (Lipinski definition) is 2. The van der Waals surface area contributed by atoms with E-state index < -0.39 is 6.10 Å². The summed E-state index contributed by atoms with van der Waals surface area (Å²) in [7, 11) is 3.54. The largest absolute Gasteiger partial charge is 0.488 e. The van der Waals surface area contributed by atoms with Gasteiger partial charge in [0.2, 0.25) is 5.88 Å². The van der Waals surface area contributed by atoms with Crippen molar-refractivity contribution < 1.29 is 14.6 Å². The summed E-state index contributed by atoms with van der Waals surface area (Å²) in [6.45, 7) is 3.41. The molecule has 1 aromatic carbocycles. The first-order valence-electron chi connectivity index (χ1n) is 9.27. The molecule has 3 atom stereocenters. The van der Waals surface area contributed by atoms with Gasteiger partial charge in [0.1, 0.15) is 11.9 Å². The van der Waals surface area contributed by atoms with Crippen molar-refractivity contribution in [1.29, 1.82) is 0 Å². The first kappa shape index (κ1) is 18.7. The van der Waals surface area contributed by atoms with Gasteiger partial charge in [-0.1, -0.05) is 18.2 Å². The standard InChI is InChI=1S/C20H29N3O3/c1-14-17(20(25-3)23(2)22-14)13-21-12-15-8-7-11-18(19(15)24)26-16-9-5-4-6-10-16/h4-6,9-10,15,18-19,21,24H,7-8,11-13H2,1-3H3/t15-,18-,19-/m1/s1. The van der Waals surface area contributed by atoms with Crippen molar-refractivity contribution in [3.05, 3.63) is 41.6 Å². The molecule has 0 bridgehead atoms. The molecule has 6 heteroatoms. The van der Waals surface area contributed by atoms with Gasteiger partial charge in [-0.2, -0.15) is 5.10 Å². The molecule has 0 amide bonds. The maximum Gasteiger partial charge on any atom is 0.216 e. The zero-order valence-corrected chi connectivity index (χ0v) is 15.8. The van der Waals surface area contributed by atoms with E-state index >= 15 is 0 Å². The highest BCUT2D eigenvalue weighted by atomic mass is 16.5. The lowest BCUT2D eigenvalue weighted by Gasteiger charge is -2.35. The lowest BCUT2D eigenvalue weighted by molar-refractivity contribution is -0.0306. The molecule has 26 heavy (non-hydrogen) atoms. The molecule has 0 radical (unpaired) electrons. The van der Waals surface area contributed by atoms with Crippen LogP contribution in [0.5, 0.6) is 11.6 Å². The maximum atomic E-state index is 10.7. The number of methoxy groups -OCH3 is 1.